The van der Waals surface area contributed by atoms with Gasteiger partial charge in [-0.25, -0.2) is 0 Å². The zero-order valence-electron chi connectivity index (χ0n) is 10.9. The highest BCUT2D eigenvalue weighted by Crippen LogP contribution is 2.26. The minimum atomic E-state index is -0.343. The van der Waals surface area contributed by atoms with Gasteiger partial charge in [0.25, 0.3) is 5.69 Å². The molecule has 4 nitrogen and oxygen atoms in total. The van der Waals surface area contributed by atoms with Gasteiger partial charge in [0.15, 0.2) is 0 Å². The molecule has 0 amide bonds. The lowest BCUT2D eigenvalue weighted by atomic mass is 10.2. The lowest BCUT2D eigenvalue weighted by Gasteiger charge is -2.18. The SMILES string of the molecule is CCC[NH+](Cc1ccc([N+](=O)[O-])cc1)CC1CC1. The number of quaternary nitrogens is 1. The zero-order chi connectivity index (χ0) is 13.0. The molecular weight excluding hydrogens is 228 g/mol. The van der Waals surface area contributed by atoms with E-state index in [1.165, 1.54) is 37.9 Å². The first-order chi connectivity index (χ1) is 8.69. The largest absolute Gasteiger partial charge is 0.331 e. The van der Waals surface area contributed by atoms with Crippen molar-refractivity contribution in [2.75, 3.05) is 13.1 Å². The molecule has 0 radical (unpaired) electrons. The molecule has 1 aromatic carbocycles. The maximum Gasteiger partial charge on any atom is 0.269 e. The predicted molar refractivity (Wildman–Crippen MR) is 70.5 cm³/mol. The van der Waals surface area contributed by atoms with Crippen molar-refractivity contribution in [1.82, 2.24) is 0 Å². The Bertz CT molecular complexity index is 399. The fourth-order valence-corrected chi connectivity index (χ4v) is 2.37. The van der Waals surface area contributed by atoms with Crippen LogP contribution >= 0.6 is 0 Å². The number of benzene rings is 1. The summed E-state index contributed by atoms with van der Waals surface area (Å²) in [5.41, 5.74) is 1.38. The number of rotatable bonds is 7. The molecule has 0 saturated heterocycles. The van der Waals surface area contributed by atoms with E-state index < -0.39 is 0 Å². The van der Waals surface area contributed by atoms with Gasteiger partial charge in [-0.15, -0.1) is 0 Å². The summed E-state index contributed by atoms with van der Waals surface area (Å²) in [5, 5.41) is 10.6. The zero-order valence-corrected chi connectivity index (χ0v) is 10.9. The second-order valence-electron chi connectivity index (χ2n) is 5.25. The van der Waals surface area contributed by atoms with E-state index >= 15 is 0 Å². The first-order valence-electron chi connectivity index (χ1n) is 6.76. The quantitative estimate of drug-likeness (QED) is 0.591. The predicted octanol–water partition coefficient (Wildman–Crippen LogP) is 1.80. The maximum absolute atomic E-state index is 10.6. The average molecular weight is 249 g/mol. The highest BCUT2D eigenvalue weighted by atomic mass is 16.6. The Morgan fingerprint density at radius 1 is 1.33 bits per heavy atom. The van der Waals surface area contributed by atoms with Crippen LogP contribution in [0.5, 0.6) is 0 Å². The lowest BCUT2D eigenvalue weighted by Crippen LogP contribution is -3.11. The van der Waals surface area contributed by atoms with E-state index in [-0.39, 0.29) is 10.6 Å². The van der Waals surface area contributed by atoms with Crippen LogP contribution in [0.1, 0.15) is 31.7 Å². The van der Waals surface area contributed by atoms with Gasteiger partial charge in [-0.1, -0.05) is 6.92 Å². The molecule has 1 N–H and O–H groups in total. The van der Waals surface area contributed by atoms with Crippen molar-refractivity contribution in [3.63, 3.8) is 0 Å². The van der Waals surface area contributed by atoms with Crippen LogP contribution < -0.4 is 4.90 Å². The Balaban J connectivity index is 1.94. The summed E-state index contributed by atoms with van der Waals surface area (Å²) in [6, 6.07) is 6.99. The molecule has 18 heavy (non-hydrogen) atoms. The van der Waals surface area contributed by atoms with Gasteiger partial charge in [0.1, 0.15) is 6.54 Å². The molecule has 0 bridgehead atoms. The number of hydrogen-bond donors (Lipinski definition) is 1. The number of nitro groups is 1. The van der Waals surface area contributed by atoms with Crippen LogP contribution in [0.3, 0.4) is 0 Å². The standard InChI is InChI=1S/C14H20N2O2/c1-2-9-15(10-12-3-4-12)11-13-5-7-14(8-6-13)16(17)18/h5-8,12H,2-4,9-11H2,1H3/p+1. The van der Waals surface area contributed by atoms with E-state index in [1.54, 1.807) is 17.0 Å². The van der Waals surface area contributed by atoms with Gasteiger partial charge >= 0.3 is 0 Å². The molecule has 0 heterocycles. The third-order valence-electron chi connectivity index (χ3n) is 3.48. The fraction of sp³-hybridized carbons (Fsp3) is 0.571. The van der Waals surface area contributed by atoms with Gasteiger partial charge in [0.2, 0.25) is 0 Å². The molecule has 1 atom stereocenters. The minimum Gasteiger partial charge on any atom is -0.331 e. The highest BCUT2D eigenvalue weighted by Gasteiger charge is 2.26. The molecule has 1 saturated carbocycles. The van der Waals surface area contributed by atoms with Crippen LogP contribution in [0, 0.1) is 16.0 Å². The van der Waals surface area contributed by atoms with Crippen molar-refractivity contribution >= 4 is 5.69 Å². The lowest BCUT2D eigenvalue weighted by molar-refractivity contribution is -0.915. The third-order valence-corrected chi connectivity index (χ3v) is 3.48. The van der Waals surface area contributed by atoms with Crippen molar-refractivity contribution in [2.24, 2.45) is 5.92 Å². The Kier molecular flexibility index (Phi) is 4.31. The van der Waals surface area contributed by atoms with Gasteiger partial charge < -0.3 is 4.90 Å². The Labute approximate surface area is 108 Å². The second-order valence-corrected chi connectivity index (χ2v) is 5.25. The number of nitrogens with one attached hydrogen (secondary N) is 1. The summed E-state index contributed by atoms with van der Waals surface area (Å²) in [5.74, 6) is 0.921. The van der Waals surface area contributed by atoms with Crippen LogP contribution in [0.2, 0.25) is 0 Å². The minimum absolute atomic E-state index is 0.179. The highest BCUT2D eigenvalue weighted by molar-refractivity contribution is 5.32. The molecular formula is C14H21N2O2+. The third kappa shape index (κ3) is 3.81. The van der Waals surface area contributed by atoms with E-state index in [1.807, 2.05) is 12.1 Å². The van der Waals surface area contributed by atoms with Gasteiger partial charge in [-0.2, -0.15) is 0 Å². The second kappa shape index (κ2) is 5.96. The summed E-state index contributed by atoms with van der Waals surface area (Å²) >= 11 is 0. The molecule has 1 aromatic rings. The van der Waals surface area contributed by atoms with Gasteiger partial charge in [-0.05, 0) is 31.4 Å². The van der Waals surface area contributed by atoms with Gasteiger partial charge in [-0.3, -0.25) is 10.1 Å². The van der Waals surface area contributed by atoms with Crippen LogP contribution in [0.25, 0.3) is 0 Å². The molecule has 1 aliphatic carbocycles. The van der Waals surface area contributed by atoms with E-state index in [2.05, 4.69) is 6.92 Å². The van der Waals surface area contributed by atoms with Crippen LogP contribution in [0.4, 0.5) is 5.69 Å². The number of hydrogen-bond acceptors (Lipinski definition) is 2. The Hall–Kier alpha value is -1.42. The summed E-state index contributed by atoms with van der Waals surface area (Å²) < 4.78 is 0. The normalized spacial score (nSPS) is 16.5. The first-order valence-corrected chi connectivity index (χ1v) is 6.76. The molecule has 98 valence electrons. The number of nitrogens with zero attached hydrogens (tertiary/aromatic N) is 1. The van der Waals surface area contributed by atoms with Crippen LogP contribution in [-0.2, 0) is 6.54 Å². The van der Waals surface area contributed by atoms with E-state index in [9.17, 15) is 10.1 Å². The van der Waals surface area contributed by atoms with Crippen molar-refractivity contribution < 1.29 is 9.82 Å². The monoisotopic (exact) mass is 249 g/mol. The average Bonchev–Trinajstić information content (AvgIpc) is 3.14. The Morgan fingerprint density at radius 2 is 2.00 bits per heavy atom. The van der Waals surface area contributed by atoms with Gasteiger partial charge in [0, 0.05) is 23.6 Å². The fourth-order valence-electron chi connectivity index (χ4n) is 2.37. The first kappa shape index (κ1) is 13.0. The van der Waals surface area contributed by atoms with Crippen LogP contribution in [-0.4, -0.2) is 18.0 Å². The topological polar surface area (TPSA) is 47.6 Å². The maximum atomic E-state index is 10.6. The van der Waals surface area contributed by atoms with Gasteiger partial charge in [0.05, 0.1) is 18.0 Å². The molecule has 1 unspecified atom stereocenters. The summed E-state index contributed by atoms with van der Waals surface area (Å²) in [6.07, 6.45) is 3.95. The molecule has 2 rings (SSSR count). The van der Waals surface area contributed by atoms with Crippen molar-refractivity contribution in [2.45, 2.75) is 32.7 Å². The molecule has 0 spiro atoms. The molecule has 4 heteroatoms. The van der Waals surface area contributed by atoms with E-state index in [0.717, 1.165) is 12.5 Å². The van der Waals surface area contributed by atoms with Crippen molar-refractivity contribution in [3.05, 3.63) is 39.9 Å². The summed E-state index contributed by atoms with van der Waals surface area (Å²) in [4.78, 5) is 11.9. The smallest absolute Gasteiger partial charge is 0.269 e. The number of nitro benzene ring substituents is 1. The van der Waals surface area contributed by atoms with E-state index in [4.69, 9.17) is 0 Å². The summed E-state index contributed by atoms with van der Waals surface area (Å²) in [7, 11) is 0. The molecule has 1 aliphatic rings. The Morgan fingerprint density at radius 3 is 2.50 bits per heavy atom. The molecule has 1 fully saturated rings. The molecule has 0 aromatic heterocycles. The van der Waals surface area contributed by atoms with E-state index in [0.29, 0.717) is 0 Å². The molecule has 0 aliphatic heterocycles. The van der Waals surface area contributed by atoms with Crippen molar-refractivity contribution in [3.8, 4) is 0 Å². The summed E-state index contributed by atoms with van der Waals surface area (Å²) in [6.45, 7) is 5.64. The number of non-ortho nitro benzene ring substituents is 1. The van der Waals surface area contributed by atoms with Crippen molar-refractivity contribution in [1.29, 1.82) is 0 Å². The van der Waals surface area contributed by atoms with Crippen LogP contribution in [0.15, 0.2) is 24.3 Å².